The first-order valence-corrected chi connectivity index (χ1v) is 7.64. The van der Waals surface area contributed by atoms with Crippen molar-refractivity contribution in [3.63, 3.8) is 0 Å². The Morgan fingerprint density at radius 1 is 1.32 bits per heavy atom. The molecule has 3 unspecified atom stereocenters. The third kappa shape index (κ3) is 4.32. The minimum absolute atomic E-state index is 0.667. The van der Waals surface area contributed by atoms with Crippen molar-refractivity contribution < 1.29 is 4.74 Å². The largest absolute Gasteiger partial charge is 0.385 e. The summed E-state index contributed by atoms with van der Waals surface area (Å²) in [6.45, 7) is 4.25. The van der Waals surface area contributed by atoms with Crippen molar-refractivity contribution in [3.05, 3.63) is 35.9 Å². The minimum Gasteiger partial charge on any atom is -0.385 e. The van der Waals surface area contributed by atoms with Crippen molar-refractivity contribution in [2.24, 2.45) is 5.92 Å². The van der Waals surface area contributed by atoms with Crippen LogP contribution in [0.4, 0.5) is 0 Å². The molecule has 1 aliphatic rings. The molecule has 1 aliphatic carbocycles. The number of rotatable bonds is 9. The lowest BCUT2D eigenvalue weighted by Gasteiger charge is -2.18. The topological polar surface area (TPSA) is 21.3 Å². The summed E-state index contributed by atoms with van der Waals surface area (Å²) in [6.07, 6.45) is 4.96. The first kappa shape index (κ1) is 14.5. The highest BCUT2D eigenvalue weighted by Crippen LogP contribution is 2.50. The van der Waals surface area contributed by atoms with E-state index >= 15 is 0 Å². The van der Waals surface area contributed by atoms with Crippen molar-refractivity contribution in [2.45, 2.75) is 44.6 Å². The monoisotopic (exact) mass is 261 g/mol. The number of methoxy groups -OCH3 is 1. The molecule has 0 aromatic heterocycles. The van der Waals surface area contributed by atoms with Crippen molar-refractivity contribution in [2.75, 3.05) is 20.3 Å². The summed E-state index contributed by atoms with van der Waals surface area (Å²) >= 11 is 0. The van der Waals surface area contributed by atoms with Crippen LogP contribution in [-0.4, -0.2) is 26.3 Å². The van der Waals surface area contributed by atoms with E-state index in [-0.39, 0.29) is 0 Å². The number of hydrogen-bond acceptors (Lipinski definition) is 2. The van der Waals surface area contributed by atoms with E-state index in [9.17, 15) is 0 Å². The van der Waals surface area contributed by atoms with Gasteiger partial charge in [0.25, 0.3) is 0 Å². The highest BCUT2D eigenvalue weighted by molar-refractivity contribution is 5.26. The van der Waals surface area contributed by atoms with E-state index < -0.39 is 0 Å². The summed E-state index contributed by atoms with van der Waals surface area (Å²) in [5.41, 5.74) is 1.52. The fourth-order valence-corrected chi connectivity index (χ4v) is 2.99. The van der Waals surface area contributed by atoms with Gasteiger partial charge in [0.1, 0.15) is 0 Å². The van der Waals surface area contributed by atoms with Gasteiger partial charge >= 0.3 is 0 Å². The number of ether oxygens (including phenoxy) is 1. The second-order valence-electron chi connectivity index (χ2n) is 5.61. The molecule has 0 radical (unpaired) electrons. The predicted molar refractivity (Wildman–Crippen MR) is 80.5 cm³/mol. The summed E-state index contributed by atoms with van der Waals surface area (Å²) in [6, 6.07) is 11.6. The number of benzene rings is 1. The van der Waals surface area contributed by atoms with Crippen LogP contribution in [0.2, 0.25) is 0 Å². The van der Waals surface area contributed by atoms with Gasteiger partial charge in [-0.05, 0) is 49.6 Å². The highest BCUT2D eigenvalue weighted by atomic mass is 16.5. The standard InChI is InChI=1S/C17H27NO/c1-3-11-18-17(10-7-12-19-2)16-13-15(16)14-8-5-4-6-9-14/h4-6,8-9,15-18H,3,7,10-13H2,1-2H3. The zero-order valence-corrected chi connectivity index (χ0v) is 12.3. The summed E-state index contributed by atoms with van der Waals surface area (Å²) < 4.78 is 5.18. The Balaban J connectivity index is 1.85. The Labute approximate surface area is 117 Å². The molecule has 19 heavy (non-hydrogen) atoms. The van der Waals surface area contributed by atoms with E-state index in [2.05, 4.69) is 42.6 Å². The molecule has 1 aromatic rings. The molecule has 106 valence electrons. The van der Waals surface area contributed by atoms with Crippen LogP contribution in [0, 0.1) is 5.92 Å². The molecule has 2 nitrogen and oxygen atoms in total. The van der Waals surface area contributed by atoms with Crippen molar-refractivity contribution in [1.82, 2.24) is 5.32 Å². The molecule has 1 N–H and O–H groups in total. The molecule has 3 atom stereocenters. The minimum atomic E-state index is 0.667. The molecule has 0 spiro atoms. The van der Waals surface area contributed by atoms with Gasteiger partial charge in [0.2, 0.25) is 0 Å². The molecule has 2 rings (SSSR count). The van der Waals surface area contributed by atoms with Crippen molar-refractivity contribution >= 4 is 0 Å². The molecule has 0 amide bonds. The Morgan fingerprint density at radius 3 is 2.79 bits per heavy atom. The van der Waals surface area contributed by atoms with Gasteiger partial charge < -0.3 is 10.1 Å². The smallest absolute Gasteiger partial charge is 0.0462 e. The Morgan fingerprint density at radius 2 is 2.11 bits per heavy atom. The fraction of sp³-hybridized carbons (Fsp3) is 0.647. The molecule has 0 aliphatic heterocycles. The molecule has 1 aromatic carbocycles. The van der Waals surface area contributed by atoms with Gasteiger partial charge in [0, 0.05) is 19.8 Å². The number of nitrogens with one attached hydrogen (secondary N) is 1. The van der Waals surface area contributed by atoms with Crippen LogP contribution in [0.25, 0.3) is 0 Å². The normalized spacial score (nSPS) is 23.3. The van der Waals surface area contributed by atoms with E-state index in [4.69, 9.17) is 4.74 Å². The first-order chi connectivity index (χ1) is 9.36. The highest BCUT2D eigenvalue weighted by Gasteiger charge is 2.42. The van der Waals surface area contributed by atoms with Crippen molar-refractivity contribution in [3.8, 4) is 0 Å². The lowest BCUT2D eigenvalue weighted by Crippen LogP contribution is -2.32. The maximum Gasteiger partial charge on any atom is 0.0462 e. The molecule has 1 saturated carbocycles. The van der Waals surface area contributed by atoms with Crippen molar-refractivity contribution in [1.29, 1.82) is 0 Å². The van der Waals surface area contributed by atoms with Crippen LogP contribution in [0.1, 0.15) is 44.1 Å². The SMILES string of the molecule is CCCNC(CCCOC)C1CC1c1ccccc1. The van der Waals surface area contributed by atoms with Gasteiger partial charge in [0.15, 0.2) is 0 Å². The molecular formula is C17H27NO. The van der Waals surface area contributed by atoms with Gasteiger partial charge in [0.05, 0.1) is 0 Å². The third-order valence-corrected chi connectivity index (χ3v) is 4.10. The maximum absolute atomic E-state index is 5.18. The number of hydrogen-bond donors (Lipinski definition) is 1. The molecule has 2 heteroatoms. The second kappa shape index (κ2) is 7.66. The average Bonchev–Trinajstić information content (AvgIpc) is 3.24. The van der Waals surface area contributed by atoms with Crippen LogP contribution in [-0.2, 0) is 4.74 Å². The predicted octanol–water partition coefficient (Wildman–Crippen LogP) is 3.58. The summed E-state index contributed by atoms with van der Waals surface area (Å²) in [7, 11) is 1.79. The van der Waals surface area contributed by atoms with E-state index in [0.717, 1.165) is 31.4 Å². The van der Waals surface area contributed by atoms with E-state index in [1.54, 1.807) is 7.11 Å². The van der Waals surface area contributed by atoms with Gasteiger partial charge in [-0.2, -0.15) is 0 Å². The van der Waals surface area contributed by atoms with E-state index in [0.29, 0.717) is 6.04 Å². The summed E-state index contributed by atoms with van der Waals surface area (Å²) in [4.78, 5) is 0. The zero-order valence-electron chi connectivity index (χ0n) is 12.3. The van der Waals surface area contributed by atoms with Crippen LogP contribution in [0.15, 0.2) is 30.3 Å². The van der Waals surface area contributed by atoms with E-state index in [1.165, 1.54) is 24.8 Å². The zero-order chi connectivity index (χ0) is 13.5. The molecule has 0 saturated heterocycles. The molecule has 0 bridgehead atoms. The van der Waals surface area contributed by atoms with Gasteiger partial charge in [-0.25, -0.2) is 0 Å². The Kier molecular flexibility index (Phi) is 5.87. The van der Waals surface area contributed by atoms with Crippen LogP contribution in [0.3, 0.4) is 0 Å². The second-order valence-corrected chi connectivity index (χ2v) is 5.61. The van der Waals surface area contributed by atoms with Gasteiger partial charge in [-0.1, -0.05) is 37.3 Å². The summed E-state index contributed by atoms with van der Waals surface area (Å²) in [5.74, 6) is 1.60. The van der Waals surface area contributed by atoms with Gasteiger partial charge in [-0.15, -0.1) is 0 Å². The third-order valence-electron chi connectivity index (χ3n) is 4.10. The Hall–Kier alpha value is -0.860. The van der Waals surface area contributed by atoms with Gasteiger partial charge in [-0.3, -0.25) is 0 Å². The maximum atomic E-state index is 5.18. The Bertz CT molecular complexity index is 352. The first-order valence-electron chi connectivity index (χ1n) is 7.64. The lowest BCUT2D eigenvalue weighted by molar-refractivity contribution is 0.187. The molecular weight excluding hydrogens is 234 g/mol. The summed E-state index contributed by atoms with van der Waals surface area (Å²) in [5, 5.41) is 3.73. The fourth-order valence-electron chi connectivity index (χ4n) is 2.99. The average molecular weight is 261 g/mol. The quantitative estimate of drug-likeness (QED) is 0.686. The van der Waals surface area contributed by atoms with Crippen LogP contribution >= 0.6 is 0 Å². The molecule has 1 fully saturated rings. The lowest BCUT2D eigenvalue weighted by atomic mass is 10.0. The van der Waals surface area contributed by atoms with Crippen LogP contribution in [0.5, 0.6) is 0 Å². The molecule has 0 heterocycles. The van der Waals surface area contributed by atoms with E-state index in [1.807, 2.05) is 0 Å². The van der Waals surface area contributed by atoms with Crippen LogP contribution < -0.4 is 5.32 Å².